The summed E-state index contributed by atoms with van der Waals surface area (Å²) >= 11 is 0. The molecule has 1 N–H and O–H groups in total. The Morgan fingerprint density at radius 2 is 1.73 bits per heavy atom. The van der Waals surface area contributed by atoms with E-state index in [0.29, 0.717) is 24.3 Å². The average molecular weight is 447 g/mol. The highest BCUT2D eigenvalue weighted by Gasteiger charge is 2.23. The minimum Gasteiger partial charge on any atom is -0.444 e. The van der Waals surface area contributed by atoms with Crippen molar-refractivity contribution in [1.82, 2.24) is 14.8 Å². The van der Waals surface area contributed by atoms with Gasteiger partial charge in [-0.1, -0.05) is 30.3 Å². The van der Waals surface area contributed by atoms with Crippen molar-refractivity contribution < 1.29 is 14.3 Å². The summed E-state index contributed by atoms with van der Waals surface area (Å²) in [5.41, 5.74) is 2.74. The number of hydrogen-bond donors (Lipinski definition) is 1. The van der Waals surface area contributed by atoms with Crippen molar-refractivity contribution >= 4 is 28.6 Å². The molecule has 0 saturated carbocycles. The van der Waals surface area contributed by atoms with Crippen LogP contribution in [0.4, 0.5) is 10.5 Å². The maximum absolute atomic E-state index is 13.1. The quantitative estimate of drug-likeness (QED) is 0.637. The molecule has 0 radical (unpaired) electrons. The minimum atomic E-state index is -0.584. The van der Waals surface area contributed by atoms with E-state index < -0.39 is 11.7 Å². The number of aromatic nitrogens is 1. The number of rotatable bonds is 4. The first-order valence-corrected chi connectivity index (χ1v) is 11.2. The molecule has 1 fully saturated rings. The summed E-state index contributed by atoms with van der Waals surface area (Å²) in [6.45, 7) is 9.14. The second kappa shape index (κ2) is 9.58. The third-order valence-corrected chi connectivity index (χ3v) is 5.52. The second-order valence-electron chi connectivity index (χ2n) is 9.27. The lowest BCUT2D eigenvalue weighted by molar-refractivity contribution is 0.0620. The number of ether oxygens (including phenoxy) is 1. The zero-order chi connectivity index (χ0) is 23.4. The highest BCUT2D eigenvalue weighted by molar-refractivity contribution is 5.96. The number of nitrogens with one attached hydrogen (secondary N) is 1. The summed E-state index contributed by atoms with van der Waals surface area (Å²) < 4.78 is 5.29. The van der Waals surface area contributed by atoms with Gasteiger partial charge in [-0.2, -0.15) is 0 Å². The van der Waals surface area contributed by atoms with Crippen LogP contribution in [-0.2, 0) is 11.3 Å². The fourth-order valence-electron chi connectivity index (χ4n) is 3.98. The Bertz CT molecular complexity index is 1140. The van der Waals surface area contributed by atoms with Crippen LogP contribution in [0.2, 0.25) is 0 Å². The third-order valence-electron chi connectivity index (χ3n) is 5.52. The van der Waals surface area contributed by atoms with E-state index in [2.05, 4.69) is 39.5 Å². The lowest BCUT2D eigenvalue weighted by Gasteiger charge is -2.35. The van der Waals surface area contributed by atoms with Crippen LogP contribution < -0.4 is 5.32 Å². The fourth-order valence-corrected chi connectivity index (χ4v) is 3.98. The van der Waals surface area contributed by atoms with Gasteiger partial charge >= 0.3 is 6.09 Å². The molecule has 1 aliphatic rings. The van der Waals surface area contributed by atoms with E-state index >= 15 is 0 Å². The van der Waals surface area contributed by atoms with Gasteiger partial charge in [0.05, 0.1) is 5.52 Å². The Kier molecular flexibility index (Phi) is 6.60. The van der Waals surface area contributed by atoms with E-state index in [1.54, 1.807) is 24.3 Å². The van der Waals surface area contributed by atoms with E-state index in [9.17, 15) is 9.59 Å². The summed E-state index contributed by atoms with van der Waals surface area (Å²) in [4.78, 5) is 33.9. The fraction of sp³-hybridized carbons (Fsp3) is 0.346. The molecule has 0 atom stereocenters. The molecule has 2 amide bonds. The number of anilines is 1. The van der Waals surface area contributed by atoms with E-state index in [1.807, 2.05) is 37.9 Å². The van der Waals surface area contributed by atoms with Crippen LogP contribution in [0.5, 0.6) is 0 Å². The molecule has 0 aliphatic carbocycles. The van der Waals surface area contributed by atoms with Gasteiger partial charge in [0.1, 0.15) is 5.60 Å². The first-order valence-electron chi connectivity index (χ1n) is 11.2. The third kappa shape index (κ3) is 5.87. The van der Waals surface area contributed by atoms with Crippen LogP contribution in [0.25, 0.3) is 10.9 Å². The van der Waals surface area contributed by atoms with Crippen molar-refractivity contribution in [1.29, 1.82) is 0 Å². The summed E-state index contributed by atoms with van der Waals surface area (Å²) in [6.07, 6.45) is 1.29. The van der Waals surface area contributed by atoms with Crippen LogP contribution in [0, 0.1) is 0 Å². The van der Waals surface area contributed by atoms with Crippen molar-refractivity contribution in [3.8, 4) is 0 Å². The van der Waals surface area contributed by atoms with Crippen molar-refractivity contribution in [3.63, 3.8) is 0 Å². The van der Waals surface area contributed by atoms with Gasteiger partial charge in [0.25, 0.3) is 5.91 Å². The Balaban J connectivity index is 1.35. The Morgan fingerprint density at radius 3 is 2.48 bits per heavy atom. The number of fused-ring (bicyclic) bond motifs is 1. The highest BCUT2D eigenvalue weighted by Crippen LogP contribution is 2.20. The SMILES string of the molecule is CC(C)(C)OC(=O)Nc1cccc(C(=O)N2CCN(Cc3cccc4cccnc34)CC2)c1. The maximum Gasteiger partial charge on any atom is 0.412 e. The van der Waals surface area contributed by atoms with Gasteiger partial charge in [-0.15, -0.1) is 0 Å². The van der Waals surface area contributed by atoms with Gasteiger partial charge in [-0.3, -0.25) is 20.0 Å². The van der Waals surface area contributed by atoms with Crippen LogP contribution >= 0.6 is 0 Å². The maximum atomic E-state index is 13.1. The van der Waals surface area contributed by atoms with Crippen molar-refractivity contribution in [2.45, 2.75) is 32.9 Å². The molecule has 4 rings (SSSR count). The molecular formula is C26H30N4O3. The standard InChI is InChI=1S/C26H30N4O3/c1-26(2,3)33-25(32)28-22-11-5-8-20(17-22)24(31)30-15-13-29(14-16-30)18-21-9-4-7-19-10-6-12-27-23(19)21/h4-12,17H,13-16,18H2,1-3H3,(H,28,32). The van der Waals surface area contributed by atoms with Crippen LogP contribution in [0.3, 0.4) is 0 Å². The topological polar surface area (TPSA) is 74.8 Å². The normalized spacial score (nSPS) is 14.8. The largest absolute Gasteiger partial charge is 0.444 e. The Hall–Kier alpha value is -3.45. The summed E-state index contributed by atoms with van der Waals surface area (Å²) in [6, 6.07) is 17.3. The first kappa shape index (κ1) is 22.7. The predicted octanol–water partition coefficient (Wildman–Crippen LogP) is 4.54. The number of carbonyl (C=O) groups excluding carboxylic acids is 2. The molecule has 0 bridgehead atoms. The molecule has 0 unspecified atom stereocenters. The van der Waals surface area contributed by atoms with E-state index in [-0.39, 0.29) is 5.91 Å². The lowest BCUT2D eigenvalue weighted by atomic mass is 10.1. The molecule has 1 aromatic heterocycles. The summed E-state index contributed by atoms with van der Waals surface area (Å²) in [5, 5.41) is 3.84. The molecule has 2 aromatic carbocycles. The lowest BCUT2D eigenvalue weighted by Crippen LogP contribution is -2.48. The second-order valence-corrected chi connectivity index (χ2v) is 9.27. The van der Waals surface area contributed by atoms with Crippen LogP contribution in [-0.4, -0.2) is 58.6 Å². The Labute approximate surface area is 194 Å². The molecule has 1 aliphatic heterocycles. The van der Waals surface area contributed by atoms with Gasteiger partial charge in [0.15, 0.2) is 0 Å². The van der Waals surface area contributed by atoms with Crippen molar-refractivity contribution in [3.05, 3.63) is 71.9 Å². The van der Waals surface area contributed by atoms with Crippen molar-refractivity contribution in [2.75, 3.05) is 31.5 Å². The zero-order valence-electron chi connectivity index (χ0n) is 19.4. The molecule has 2 heterocycles. The average Bonchev–Trinajstić information content (AvgIpc) is 2.78. The highest BCUT2D eigenvalue weighted by atomic mass is 16.6. The van der Waals surface area contributed by atoms with Crippen LogP contribution in [0.1, 0.15) is 36.7 Å². The smallest absolute Gasteiger partial charge is 0.412 e. The van der Waals surface area contributed by atoms with Gasteiger partial charge in [0, 0.05) is 55.6 Å². The van der Waals surface area contributed by atoms with E-state index in [0.717, 1.165) is 30.5 Å². The van der Waals surface area contributed by atoms with Gasteiger partial charge < -0.3 is 9.64 Å². The van der Waals surface area contributed by atoms with Gasteiger partial charge in [-0.25, -0.2) is 4.79 Å². The number of hydrogen-bond acceptors (Lipinski definition) is 5. The van der Waals surface area contributed by atoms with Gasteiger partial charge in [-0.05, 0) is 50.6 Å². The Morgan fingerprint density at radius 1 is 1.00 bits per heavy atom. The van der Waals surface area contributed by atoms with Crippen LogP contribution in [0.15, 0.2) is 60.8 Å². The molecule has 172 valence electrons. The number of carbonyl (C=O) groups is 2. The molecule has 3 aromatic rings. The summed E-state index contributed by atoms with van der Waals surface area (Å²) in [7, 11) is 0. The number of piperazine rings is 1. The zero-order valence-corrected chi connectivity index (χ0v) is 19.4. The molecule has 7 heteroatoms. The molecule has 0 spiro atoms. The number of pyridine rings is 1. The van der Waals surface area contributed by atoms with E-state index in [1.165, 1.54) is 5.56 Å². The summed E-state index contributed by atoms with van der Waals surface area (Å²) in [5.74, 6) is -0.0330. The molecule has 33 heavy (non-hydrogen) atoms. The number of benzene rings is 2. The predicted molar refractivity (Wildman–Crippen MR) is 129 cm³/mol. The number of nitrogens with zero attached hydrogens (tertiary/aromatic N) is 3. The van der Waals surface area contributed by atoms with Crippen molar-refractivity contribution in [2.24, 2.45) is 0 Å². The molecule has 1 saturated heterocycles. The molecular weight excluding hydrogens is 416 g/mol. The first-order chi connectivity index (χ1) is 15.8. The van der Waals surface area contributed by atoms with Gasteiger partial charge in [0.2, 0.25) is 0 Å². The minimum absolute atomic E-state index is 0.0330. The molecule has 7 nitrogen and oxygen atoms in total. The van der Waals surface area contributed by atoms with E-state index in [4.69, 9.17) is 4.74 Å². The number of para-hydroxylation sites is 1. The monoisotopic (exact) mass is 446 g/mol. The number of amides is 2.